The normalized spacial score (nSPS) is 55.9. The maximum atomic E-state index is 10.4. The molecule has 3 rings (SSSR count). The largest absolute Gasteiger partial charge is 0.396 e. The van der Waals surface area contributed by atoms with Crippen LogP contribution in [0.3, 0.4) is 0 Å². The highest BCUT2D eigenvalue weighted by molar-refractivity contribution is 5.17. The van der Waals surface area contributed by atoms with Gasteiger partial charge in [-0.25, -0.2) is 0 Å². The van der Waals surface area contributed by atoms with Gasteiger partial charge in [0.05, 0.1) is 12.7 Å². The molecule has 0 saturated heterocycles. The third-order valence-corrected chi connectivity index (χ3v) is 6.58. The molecule has 2 heteroatoms. The predicted octanol–water partition coefficient (Wildman–Crippen LogP) is 2.44. The van der Waals surface area contributed by atoms with E-state index < -0.39 is 0 Å². The van der Waals surface area contributed by atoms with Gasteiger partial charge in [-0.05, 0) is 54.8 Å². The number of rotatable bonds is 1. The monoisotopic (exact) mass is 238 g/mol. The van der Waals surface area contributed by atoms with Crippen molar-refractivity contribution >= 4 is 0 Å². The van der Waals surface area contributed by atoms with Crippen LogP contribution in [-0.2, 0) is 0 Å². The number of hydrogen-bond donors (Lipinski definition) is 2. The van der Waals surface area contributed by atoms with Crippen LogP contribution >= 0.6 is 0 Å². The zero-order valence-corrected chi connectivity index (χ0v) is 11.3. The van der Waals surface area contributed by atoms with Crippen molar-refractivity contribution in [3.63, 3.8) is 0 Å². The van der Waals surface area contributed by atoms with E-state index in [-0.39, 0.29) is 18.1 Å². The SMILES string of the molecule is C[C@@H]1CC[C@H](O)[C@]2(CO)CC[C@@H]3[C@@H]([C@H]12)C3(C)C. The van der Waals surface area contributed by atoms with Crippen LogP contribution in [0.1, 0.15) is 46.5 Å². The molecule has 0 unspecified atom stereocenters. The molecule has 3 saturated carbocycles. The average Bonchev–Trinajstić information content (AvgIpc) is 2.86. The van der Waals surface area contributed by atoms with E-state index in [1.165, 1.54) is 6.42 Å². The van der Waals surface area contributed by atoms with E-state index in [2.05, 4.69) is 20.8 Å². The average molecular weight is 238 g/mol. The molecule has 0 aromatic rings. The first-order valence-corrected chi connectivity index (χ1v) is 7.24. The Morgan fingerprint density at radius 1 is 1.12 bits per heavy atom. The lowest BCUT2D eigenvalue weighted by Crippen LogP contribution is -2.53. The molecule has 0 radical (unpaired) electrons. The molecule has 0 aliphatic heterocycles. The van der Waals surface area contributed by atoms with Crippen LogP contribution in [0.25, 0.3) is 0 Å². The summed E-state index contributed by atoms with van der Waals surface area (Å²) < 4.78 is 0. The van der Waals surface area contributed by atoms with Crippen LogP contribution in [0.4, 0.5) is 0 Å². The van der Waals surface area contributed by atoms with Crippen LogP contribution < -0.4 is 0 Å². The van der Waals surface area contributed by atoms with Crippen molar-refractivity contribution in [3.05, 3.63) is 0 Å². The highest BCUT2D eigenvalue weighted by atomic mass is 16.3. The Morgan fingerprint density at radius 2 is 1.82 bits per heavy atom. The summed E-state index contributed by atoms with van der Waals surface area (Å²) in [5, 5.41) is 20.3. The summed E-state index contributed by atoms with van der Waals surface area (Å²) in [4.78, 5) is 0. The number of aliphatic hydroxyl groups excluding tert-OH is 2. The van der Waals surface area contributed by atoms with Crippen LogP contribution in [0.15, 0.2) is 0 Å². The molecule has 3 aliphatic rings. The molecule has 98 valence electrons. The van der Waals surface area contributed by atoms with E-state index in [1.54, 1.807) is 0 Å². The molecule has 2 N–H and O–H groups in total. The second kappa shape index (κ2) is 3.48. The minimum atomic E-state index is -0.272. The van der Waals surface area contributed by atoms with Crippen molar-refractivity contribution in [1.29, 1.82) is 0 Å². The fraction of sp³-hybridized carbons (Fsp3) is 1.00. The van der Waals surface area contributed by atoms with Gasteiger partial charge in [-0.15, -0.1) is 0 Å². The third kappa shape index (κ3) is 1.34. The smallest absolute Gasteiger partial charge is 0.0621 e. The van der Waals surface area contributed by atoms with Gasteiger partial charge in [-0.2, -0.15) is 0 Å². The molecule has 0 heterocycles. The second-order valence-corrected chi connectivity index (χ2v) is 7.48. The quantitative estimate of drug-likeness (QED) is 0.736. The first-order chi connectivity index (χ1) is 7.95. The Kier molecular flexibility index (Phi) is 2.45. The van der Waals surface area contributed by atoms with Gasteiger partial charge in [0.1, 0.15) is 0 Å². The van der Waals surface area contributed by atoms with Gasteiger partial charge >= 0.3 is 0 Å². The van der Waals surface area contributed by atoms with Crippen LogP contribution in [0, 0.1) is 34.5 Å². The second-order valence-electron chi connectivity index (χ2n) is 7.48. The van der Waals surface area contributed by atoms with Crippen molar-refractivity contribution in [2.24, 2.45) is 34.5 Å². The summed E-state index contributed by atoms with van der Waals surface area (Å²) in [6, 6.07) is 0. The number of aliphatic hydroxyl groups is 2. The van der Waals surface area contributed by atoms with Gasteiger partial charge in [0.15, 0.2) is 0 Å². The predicted molar refractivity (Wildman–Crippen MR) is 67.4 cm³/mol. The Morgan fingerprint density at radius 3 is 2.47 bits per heavy atom. The van der Waals surface area contributed by atoms with Crippen molar-refractivity contribution in [2.75, 3.05) is 6.61 Å². The summed E-state index contributed by atoms with van der Waals surface area (Å²) in [7, 11) is 0. The highest BCUT2D eigenvalue weighted by Gasteiger charge is 2.69. The maximum Gasteiger partial charge on any atom is 0.0621 e. The van der Waals surface area contributed by atoms with E-state index in [0.717, 1.165) is 31.1 Å². The fourth-order valence-electron chi connectivity index (χ4n) is 5.49. The molecule has 2 nitrogen and oxygen atoms in total. The molecule has 17 heavy (non-hydrogen) atoms. The van der Waals surface area contributed by atoms with Gasteiger partial charge in [0, 0.05) is 5.41 Å². The first-order valence-electron chi connectivity index (χ1n) is 7.24. The summed E-state index contributed by atoms with van der Waals surface area (Å²) in [6.07, 6.45) is 3.98. The lowest BCUT2D eigenvalue weighted by molar-refractivity contribution is -0.132. The van der Waals surface area contributed by atoms with Crippen LogP contribution in [0.5, 0.6) is 0 Å². The first kappa shape index (κ1) is 12.0. The minimum Gasteiger partial charge on any atom is -0.396 e. The molecule has 0 bridgehead atoms. The summed E-state index contributed by atoms with van der Waals surface area (Å²) in [5.41, 5.74) is 0.277. The Bertz CT molecular complexity index is 325. The topological polar surface area (TPSA) is 40.5 Å². The highest BCUT2D eigenvalue weighted by Crippen LogP contribution is 2.73. The van der Waals surface area contributed by atoms with Crippen molar-refractivity contribution in [3.8, 4) is 0 Å². The minimum absolute atomic E-state index is 0.174. The van der Waals surface area contributed by atoms with Gasteiger partial charge in [-0.3, -0.25) is 0 Å². The van der Waals surface area contributed by atoms with Gasteiger partial charge in [0.2, 0.25) is 0 Å². The maximum absolute atomic E-state index is 10.4. The summed E-state index contributed by atoms with van der Waals surface area (Å²) in [6.45, 7) is 7.27. The van der Waals surface area contributed by atoms with Gasteiger partial charge in [0.25, 0.3) is 0 Å². The van der Waals surface area contributed by atoms with Crippen LogP contribution in [0.2, 0.25) is 0 Å². The summed E-state index contributed by atoms with van der Waals surface area (Å²) in [5.74, 6) is 2.80. The van der Waals surface area contributed by atoms with E-state index in [0.29, 0.717) is 17.3 Å². The van der Waals surface area contributed by atoms with Crippen molar-refractivity contribution in [1.82, 2.24) is 0 Å². The lowest BCUT2D eigenvalue weighted by atomic mass is 9.54. The number of hydrogen-bond acceptors (Lipinski definition) is 2. The Hall–Kier alpha value is -0.0800. The molecular formula is C15H26O2. The molecule has 6 atom stereocenters. The number of fused-ring (bicyclic) bond motifs is 3. The molecule has 0 amide bonds. The zero-order chi connectivity index (χ0) is 12.4. The molecule has 0 spiro atoms. The van der Waals surface area contributed by atoms with Gasteiger partial charge < -0.3 is 10.2 Å². The Labute approximate surface area is 104 Å². The Balaban J connectivity index is 1.97. The zero-order valence-electron chi connectivity index (χ0n) is 11.3. The standard InChI is InChI=1S/C15H26O2/c1-9-4-5-11(17)15(8-16)7-6-10-13(12(9)15)14(10,2)3/h9-13,16-17H,4-8H2,1-3H3/t9-,10-,11+,12+,13+,15-/m1/s1. The van der Waals surface area contributed by atoms with E-state index in [4.69, 9.17) is 0 Å². The van der Waals surface area contributed by atoms with Crippen LogP contribution in [-0.4, -0.2) is 22.9 Å². The van der Waals surface area contributed by atoms with Crippen molar-refractivity contribution in [2.45, 2.75) is 52.6 Å². The molecule has 0 aromatic heterocycles. The molecular weight excluding hydrogens is 212 g/mol. The molecule has 0 aromatic carbocycles. The van der Waals surface area contributed by atoms with E-state index in [9.17, 15) is 10.2 Å². The van der Waals surface area contributed by atoms with Crippen molar-refractivity contribution < 1.29 is 10.2 Å². The lowest BCUT2D eigenvalue weighted by Gasteiger charge is -2.52. The van der Waals surface area contributed by atoms with Gasteiger partial charge in [-0.1, -0.05) is 20.8 Å². The summed E-state index contributed by atoms with van der Waals surface area (Å²) >= 11 is 0. The van der Waals surface area contributed by atoms with E-state index in [1.807, 2.05) is 0 Å². The third-order valence-electron chi connectivity index (χ3n) is 6.58. The molecule has 3 fully saturated rings. The molecule has 3 aliphatic carbocycles. The van der Waals surface area contributed by atoms with E-state index >= 15 is 0 Å². The fourth-order valence-corrected chi connectivity index (χ4v) is 5.49.